The van der Waals surface area contributed by atoms with Gasteiger partial charge >= 0.3 is 0 Å². The summed E-state index contributed by atoms with van der Waals surface area (Å²) < 4.78 is 41.3. The van der Waals surface area contributed by atoms with Gasteiger partial charge in [0.05, 0.1) is 12.6 Å². The predicted octanol–water partition coefficient (Wildman–Crippen LogP) is 5.82. The quantitative estimate of drug-likeness (QED) is 0.253. The third-order valence-corrected chi connectivity index (χ3v) is 6.99. The topological polar surface area (TPSA) is 108 Å². The molecule has 1 atom stereocenters. The van der Waals surface area contributed by atoms with E-state index in [-0.39, 0.29) is 58.8 Å². The Hall–Kier alpha value is -4.02. The van der Waals surface area contributed by atoms with Crippen LogP contribution in [-0.2, 0) is 6.54 Å². The van der Waals surface area contributed by atoms with Crippen LogP contribution in [0.4, 0.5) is 8.78 Å². The van der Waals surface area contributed by atoms with Crippen LogP contribution in [0.25, 0.3) is 22.1 Å². The van der Waals surface area contributed by atoms with Gasteiger partial charge in [0.25, 0.3) is 11.5 Å². The first kappa shape index (κ1) is 27.5. The predicted molar refractivity (Wildman–Crippen MR) is 147 cm³/mol. The molecule has 40 heavy (non-hydrogen) atoms. The fourth-order valence-electron chi connectivity index (χ4n) is 4.88. The number of rotatable bonds is 8. The van der Waals surface area contributed by atoms with Crippen LogP contribution >= 0.6 is 11.6 Å². The Morgan fingerprint density at radius 2 is 1.90 bits per heavy atom. The van der Waals surface area contributed by atoms with Gasteiger partial charge in [-0.05, 0) is 72.5 Å². The Kier molecular flexibility index (Phi) is 7.48. The third-order valence-electron chi connectivity index (χ3n) is 6.79. The second-order valence-electron chi connectivity index (χ2n) is 9.93. The minimum absolute atomic E-state index is 0.0672. The molecule has 0 saturated heterocycles. The Morgan fingerprint density at radius 3 is 2.55 bits per heavy atom. The highest BCUT2D eigenvalue weighted by molar-refractivity contribution is 6.28. The van der Waals surface area contributed by atoms with Gasteiger partial charge in [-0.15, -0.1) is 0 Å². The van der Waals surface area contributed by atoms with Crippen LogP contribution in [0, 0.1) is 24.5 Å². The number of nitrogens with two attached hydrogens (primary N) is 1. The Morgan fingerprint density at radius 1 is 1.12 bits per heavy atom. The van der Waals surface area contributed by atoms with E-state index in [2.05, 4.69) is 0 Å². The molecule has 0 radical (unpaired) electrons. The van der Waals surface area contributed by atoms with Crippen LogP contribution in [0.3, 0.4) is 0 Å². The SMILES string of the molecule is Cc1ccc(C(=O)N(CCN)[C@@H](c2nc3c(oc4ccc(F)cc43)c(=O)n2Cc2ccc(Cl)o2)C(C)C)cc1F. The van der Waals surface area contributed by atoms with Crippen molar-refractivity contribution < 1.29 is 22.4 Å². The summed E-state index contributed by atoms with van der Waals surface area (Å²) in [6.07, 6.45) is 0. The minimum Gasteiger partial charge on any atom is -0.448 e. The second-order valence-corrected chi connectivity index (χ2v) is 10.3. The molecule has 0 unspecified atom stereocenters. The van der Waals surface area contributed by atoms with E-state index in [1.807, 2.05) is 13.8 Å². The standard InChI is InChI=1S/C29H27ClF2N4O4/c1-15(2)25(35(11-10-33)28(37)17-5-4-16(3)21(32)12-17)27-34-24-20-13-18(31)6-8-22(20)40-26(24)29(38)36(27)14-19-7-9-23(30)39-19/h4-9,12-13,15,25H,10-11,14,33H2,1-3H3/t25-/m1/s1. The van der Waals surface area contributed by atoms with E-state index >= 15 is 0 Å². The lowest BCUT2D eigenvalue weighted by atomic mass is 9.99. The molecule has 0 bridgehead atoms. The molecule has 0 saturated carbocycles. The number of fused-ring (bicyclic) bond motifs is 3. The number of halogens is 3. The van der Waals surface area contributed by atoms with E-state index in [9.17, 15) is 18.4 Å². The van der Waals surface area contributed by atoms with Crippen LogP contribution in [-0.4, -0.2) is 33.4 Å². The zero-order valence-corrected chi connectivity index (χ0v) is 22.8. The highest BCUT2D eigenvalue weighted by Gasteiger charge is 2.34. The van der Waals surface area contributed by atoms with Crippen molar-refractivity contribution in [3.63, 3.8) is 0 Å². The first-order valence-electron chi connectivity index (χ1n) is 12.7. The molecule has 0 fully saturated rings. The van der Waals surface area contributed by atoms with Crippen molar-refractivity contribution in [2.45, 2.75) is 33.4 Å². The fraction of sp³-hybridized carbons (Fsp3) is 0.276. The molecule has 2 aromatic carbocycles. The third kappa shape index (κ3) is 5.00. The highest BCUT2D eigenvalue weighted by atomic mass is 35.5. The van der Waals surface area contributed by atoms with E-state index in [0.29, 0.717) is 16.7 Å². The lowest BCUT2D eigenvalue weighted by molar-refractivity contribution is 0.0611. The van der Waals surface area contributed by atoms with Crippen molar-refractivity contribution in [1.82, 2.24) is 14.5 Å². The number of benzene rings is 2. The molecule has 0 aliphatic heterocycles. The van der Waals surface area contributed by atoms with Gasteiger partial charge in [-0.25, -0.2) is 13.8 Å². The van der Waals surface area contributed by atoms with E-state index < -0.39 is 29.1 Å². The second kappa shape index (κ2) is 10.9. The van der Waals surface area contributed by atoms with Crippen molar-refractivity contribution in [1.29, 1.82) is 0 Å². The van der Waals surface area contributed by atoms with Crippen LogP contribution in [0.5, 0.6) is 0 Å². The smallest absolute Gasteiger partial charge is 0.297 e. The lowest BCUT2D eigenvalue weighted by Crippen LogP contribution is -2.43. The number of nitrogens with zero attached hydrogens (tertiary/aromatic N) is 3. The number of aryl methyl sites for hydroxylation is 1. The zero-order chi connectivity index (χ0) is 28.7. The first-order chi connectivity index (χ1) is 19.1. The van der Waals surface area contributed by atoms with Gasteiger partial charge < -0.3 is 19.5 Å². The van der Waals surface area contributed by atoms with Gasteiger partial charge in [0.2, 0.25) is 5.58 Å². The van der Waals surface area contributed by atoms with Gasteiger partial charge in [0, 0.05) is 24.0 Å². The first-order valence-corrected chi connectivity index (χ1v) is 13.1. The summed E-state index contributed by atoms with van der Waals surface area (Å²) >= 11 is 5.99. The molecular formula is C29H27ClF2N4O4. The fourth-order valence-corrected chi connectivity index (χ4v) is 5.04. The summed E-state index contributed by atoms with van der Waals surface area (Å²) in [7, 11) is 0. The Bertz CT molecular complexity index is 1790. The van der Waals surface area contributed by atoms with Crippen LogP contribution in [0.2, 0.25) is 5.22 Å². The number of hydrogen-bond donors (Lipinski definition) is 1. The molecule has 3 heterocycles. The Labute approximate surface area is 232 Å². The molecule has 5 rings (SSSR count). The number of carbonyl (C=O) groups is 1. The normalized spacial score (nSPS) is 12.5. The molecular weight excluding hydrogens is 542 g/mol. The summed E-state index contributed by atoms with van der Waals surface area (Å²) in [6.45, 7) is 5.47. The number of carbonyl (C=O) groups excluding carboxylic acids is 1. The number of furan rings is 2. The molecule has 0 aliphatic rings. The van der Waals surface area contributed by atoms with Gasteiger partial charge in [-0.1, -0.05) is 19.9 Å². The summed E-state index contributed by atoms with van der Waals surface area (Å²) in [6, 6.07) is 10.5. The van der Waals surface area contributed by atoms with Crippen molar-refractivity contribution in [3.05, 3.63) is 98.5 Å². The minimum atomic E-state index is -0.790. The van der Waals surface area contributed by atoms with Gasteiger partial charge in [0.15, 0.2) is 5.22 Å². The number of aromatic nitrogens is 2. The van der Waals surface area contributed by atoms with E-state index in [4.69, 9.17) is 31.2 Å². The molecule has 0 spiro atoms. The van der Waals surface area contributed by atoms with Gasteiger partial charge in [-0.3, -0.25) is 14.2 Å². The van der Waals surface area contributed by atoms with Crippen molar-refractivity contribution in [2.75, 3.05) is 13.1 Å². The van der Waals surface area contributed by atoms with Crippen LogP contribution < -0.4 is 11.3 Å². The van der Waals surface area contributed by atoms with Crippen molar-refractivity contribution in [2.24, 2.45) is 11.7 Å². The monoisotopic (exact) mass is 568 g/mol. The van der Waals surface area contributed by atoms with E-state index in [1.54, 1.807) is 25.1 Å². The summed E-state index contributed by atoms with van der Waals surface area (Å²) in [5.41, 5.74) is 6.30. The number of hydrogen-bond acceptors (Lipinski definition) is 6. The molecule has 11 heteroatoms. The lowest BCUT2D eigenvalue weighted by Gasteiger charge is -2.35. The summed E-state index contributed by atoms with van der Waals surface area (Å²) in [5, 5.41) is 0.459. The maximum absolute atomic E-state index is 14.4. The van der Waals surface area contributed by atoms with Crippen molar-refractivity contribution in [3.8, 4) is 0 Å². The van der Waals surface area contributed by atoms with Crippen LogP contribution in [0.15, 0.2) is 62.2 Å². The Balaban J connectivity index is 1.76. The molecule has 2 N–H and O–H groups in total. The van der Waals surface area contributed by atoms with Gasteiger partial charge in [-0.2, -0.15) is 0 Å². The van der Waals surface area contributed by atoms with Crippen LogP contribution in [0.1, 0.15) is 47.4 Å². The van der Waals surface area contributed by atoms with Crippen molar-refractivity contribution >= 4 is 39.6 Å². The molecule has 8 nitrogen and oxygen atoms in total. The molecule has 5 aromatic rings. The largest absolute Gasteiger partial charge is 0.448 e. The summed E-state index contributed by atoms with van der Waals surface area (Å²) in [5.74, 6) is -1.21. The molecule has 3 aromatic heterocycles. The number of amides is 1. The average Bonchev–Trinajstić information content (AvgIpc) is 3.49. The van der Waals surface area contributed by atoms with Gasteiger partial charge in [0.1, 0.15) is 34.3 Å². The molecule has 208 valence electrons. The maximum Gasteiger partial charge on any atom is 0.297 e. The van der Waals surface area contributed by atoms with E-state index in [0.717, 1.165) is 0 Å². The van der Waals surface area contributed by atoms with E-state index in [1.165, 1.54) is 39.8 Å². The molecule has 0 aliphatic carbocycles. The molecule has 1 amide bonds. The average molecular weight is 569 g/mol. The summed E-state index contributed by atoms with van der Waals surface area (Å²) in [4.78, 5) is 34.1. The highest BCUT2D eigenvalue weighted by Crippen LogP contribution is 2.33. The maximum atomic E-state index is 14.4. The zero-order valence-electron chi connectivity index (χ0n) is 22.1.